The van der Waals surface area contributed by atoms with Crippen molar-refractivity contribution in [1.82, 2.24) is 4.98 Å². The van der Waals surface area contributed by atoms with Gasteiger partial charge in [0.25, 0.3) is 5.91 Å². The molecule has 0 aliphatic carbocycles. The number of benzene rings is 1. The Labute approximate surface area is 120 Å². The standard InChI is InChI=1S/C13H15FN4OS/c1-7-8(14)5-4-6-9(7)16-12(19)10-11(15)17-13(20-10)18(2)3/h4-6H,15H2,1-3H3,(H,16,19). The van der Waals surface area contributed by atoms with Gasteiger partial charge in [0.05, 0.1) is 0 Å². The molecule has 0 spiro atoms. The molecule has 0 atom stereocenters. The molecular formula is C13H15FN4OS. The zero-order valence-electron chi connectivity index (χ0n) is 11.4. The second-order valence-electron chi connectivity index (χ2n) is 4.47. The van der Waals surface area contributed by atoms with Crippen molar-refractivity contribution in [2.75, 3.05) is 30.0 Å². The average Bonchev–Trinajstić information content (AvgIpc) is 2.77. The fourth-order valence-electron chi connectivity index (χ4n) is 1.60. The predicted octanol–water partition coefficient (Wildman–Crippen LogP) is 2.49. The lowest BCUT2D eigenvalue weighted by Gasteiger charge is -2.08. The summed E-state index contributed by atoms with van der Waals surface area (Å²) in [6.07, 6.45) is 0. The van der Waals surface area contributed by atoms with E-state index in [9.17, 15) is 9.18 Å². The minimum Gasteiger partial charge on any atom is -0.382 e. The van der Waals surface area contributed by atoms with Crippen LogP contribution in [0.2, 0.25) is 0 Å². The number of anilines is 3. The van der Waals surface area contributed by atoms with E-state index in [-0.39, 0.29) is 17.5 Å². The first-order valence-corrected chi connectivity index (χ1v) is 6.72. The molecule has 0 bridgehead atoms. The molecule has 5 nitrogen and oxygen atoms in total. The number of halogens is 1. The van der Waals surface area contributed by atoms with Crippen molar-refractivity contribution in [3.05, 3.63) is 34.5 Å². The highest BCUT2D eigenvalue weighted by Gasteiger charge is 2.18. The number of carbonyl (C=O) groups is 1. The number of rotatable bonds is 3. The number of carbonyl (C=O) groups excluding carboxylic acids is 1. The van der Waals surface area contributed by atoms with Crippen LogP contribution in [0.4, 0.5) is 21.0 Å². The first kappa shape index (κ1) is 14.3. The van der Waals surface area contributed by atoms with E-state index in [1.807, 2.05) is 14.1 Å². The van der Waals surface area contributed by atoms with E-state index in [0.717, 1.165) is 0 Å². The van der Waals surface area contributed by atoms with Crippen LogP contribution in [0.15, 0.2) is 18.2 Å². The van der Waals surface area contributed by atoms with E-state index in [2.05, 4.69) is 10.3 Å². The number of nitrogens with two attached hydrogens (primary N) is 1. The lowest BCUT2D eigenvalue weighted by Crippen LogP contribution is -2.13. The number of nitrogens with zero attached hydrogens (tertiary/aromatic N) is 2. The summed E-state index contributed by atoms with van der Waals surface area (Å²) < 4.78 is 13.4. The van der Waals surface area contributed by atoms with Gasteiger partial charge in [-0.3, -0.25) is 4.79 Å². The Morgan fingerprint density at radius 2 is 2.15 bits per heavy atom. The van der Waals surface area contributed by atoms with Crippen LogP contribution in [0.25, 0.3) is 0 Å². The molecule has 0 aliphatic heterocycles. The third kappa shape index (κ3) is 2.72. The van der Waals surface area contributed by atoms with Crippen LogP contribution in [-0.2, 0) is 0 Å². The van der Waals surface area contributed by atoms with Crippen molar-refractivity contribution >= 4 is 33.9 Å². The van der Waals surface area contributed by atoms with Gasteiger partial charge in [0.15, 0.2) is 5.13 Å². The summed E-state index contributed by atoms with van der Waals surface area (Å²) >= 11 is 1.19. The number of nitrogens with one attached hydrogen (secondary N) is 1. The van der Waals surface area contributed by atoms with Crippen molar-refractivity contribution in [3.8, 4) is 0 Å². The Balaban J connectivity index is 2.26. The van der Waals surface area contributed by atoms with Gasteiger partial charge in [0, 0.05) is 25.3 Å². The number of nitrogen functional groups attached to an aromatic ring is 1. The highest BCUT2D eigenvalue weighted by Crippen LogP contribution is 2.28. The molecule has 7 heteroatoms. The minimum absolute atomic E-state index is 0.172. The SMILES string of the molecule is Cc1c(F)cccc1NC(=O)c1sc(N(C)C)nc1N. The van der Waals surface area contributed by atoms with E-state index in [0.29, 0.717) is 21.3 Å². The first-order chi connectivity index (χ1) is 9.40. The second kappa shape index (κ2) is 5.46. The van der Waals surface area contributed by atoms with Gasteiger partial charge >= 0.3 is 0 Å². The predicted molar refractivity (Wildman–Crippen MR) is 79.9 cm³/mol. The molecule has 0 unspecified atom stereocenters. The van der Waals surface area contributed by atoms with Gasteiger partial charge in [-0.15, -0.1) is 0 Å². The molecule has 0 saturated carbocycles. The molecule has 106 valence electrons. The topological polar surface area (TPSA) is 71.2 Å². The van der Waals surface area contributed by atoms with Crippen molar-refractivity contribution in [1.29, 1.82) is 0 Å². The zero-order chi connectivity index (χ0) is 14.9. The van der Waals surface area contributed by atoms with Crippen molar-refractivity contribution in [2.24, 2.45) is 0 Å². The molecule has 20 heavy (non-hydrogen) atoms. The van der Waals surface area contributed by atoms with Crippen LogP contribution < -0.4 is 16.0 Å². The largest absolute Gasteiger partial charge is 0.382 e. The van der Waals surface area contributed by atoms with Crippen LogP contribution in [0.3, 0.4) is 0 Å². The molecule has 0 fully saturated rings. The lowest BCUT2D eigenvalue weighted by atomic mass is 10.2. The Bertz CT molecular complexity index is 654. The van der Waals surface area contributed by atoms with E-state index < -0.39 is 0 Å². The summed E-state index contributed by atoms with van der Waals surface area (Å²) in [7, 11) is 3.63. The van der Waals surface area contributed by atoms with Crippen LogP contribution in [0.1, 0.15) is 15.2 Å². The number of thiazole rings is 1. The number of amides is 1. The van der Waals surface area contributed by atoms with Gasteiger partial charge in [0.2, 0.25) is 0 Å². The first-order valence-electron chi connectivity index (χ1n) is 5.90. The van der Waals surface area contributed by atoms with E-state index in [1.54, 1.807) is 24.0 Å². The van der Waals surface area contributed by atoms with Gasteiger partial charge in [-0.05, 0) is 19.1 Å². The summed E-state index contributed by atoms with van der Waals surface area (Å²) in [5, 5.41) is 3.30. The maximum Gasteiger partial charge on any atom is 0.269 e. The molecule has 1 aromatic heterocycles. The summed E-state index contributed by atoms with van der Waals surface area (Å²) in [5.74, 6) is -0.582. The summed E-state index contributed by atoms with van der Waals surface area (Å²) in [6, 6.07) is 4.52. The third-order valence-corrected chi connectivity index (χ3v) is 3.98. The maximum absolute atomic E-state index is 13.4. The van der Waals surface area contributed by atoms with Crippen LogP contribution in [0, 0.1) is 12.7 Å². The minimum atomic E-state index is -0.387. The number of aromatic nitrogens is 1. The number of hydrogen-bond donors (Lipinski definition) is 2. The Morgan fingerprint density at radius 1 is 1.45 bits per heavy atom. The van der Waals surface area contributed by atoms with Crippen molar-refractivity contribution < 1.29 is 9.18 Å². The molecule has 2 rings (SSSR count). The smallest absolute Gasteiger partial charge is 0.269 e. The van der Waals surface area contributed by atoms with E-state index in [1.165, 1.54) is 17.4 Å². The molecule has 3 N–H and O–H groups in total. The van der Waals surface area contributed by atoms with Gasteiger partial charge in [-0.2, -0.15) is 0 Å². The monoisotopic (exact) mass is 294 g/mol. The molecule has 0 aliphatic rings. The zero-order valence-corrected chi connectivity index (χ0v) is 12.2. The van der Waals surface area contributed by atoms with Gasteiger partial charge in [-0.1, -0.05) is 17.4 Å². The number of hydrogen-bond acceptors (Lipinski definition) is 5. The summed E-state index contributed by atoms with van der Waals surface area (Å²) in [6.45, 7) is 1.60. The van der Waals surface area contributed by atoms with E-state index >= 15 is 0 Å². The molecule has 1 amide bonds. The molecular weight excluding hydrogens is 279 g/mol. The molecule has 2 aromatic rings. The molecule has 0 radical (unpaired) electrons. The van der Waals surface area contributed by atoms with Crippen molar-refractivity contribution in [3.63, 3.8) is 0 Å². The highest BCUT2D eigenvalue weighted by molar-refractivity contribution is 7.18. The molecule has 1 aromatic carbocycles. The fourth-order valence-corrected chi connectivity index (χ4v) is 2.40. The quantitative estimate of drug-likeness (QED) is 0.912. The molecule has 1 heterocycles. The van der Waals surface area contributed by atoms with Gasteiger partial charge < -0.3 is 16.0 Å². The summed E-state index contributed by atoms with van der Waals surface area (Å²) in [5.41, 5.74) is 6.55. The lowest BCUT2D eigenvalue weighted by molar-refractivity contribution is 0.103. The highest BCUT2D eigenvalue weighted by atomic mass is 32.1. The normalized spacial score (nSPS) is 10.4. The van der Waals surface area contributed by atoms with E-state index in [4.69, 9.17) is 5.73 Å². The average molecular weight is 294 g/mol. The Hall–Kier alpha value is -2.15. The van der Waals surface area contributed by atoms with Crippen LogP contribution in [-0.4, -0.2) is 25.0 Å². The summed E-state index contributed by atoms with van der Waals surface area (Å²) in [4.78, 5) is 18.4. The fraction of sp³-hybridized carbons (Fsp3) is 0.231. The maximum atomic E-state index is 13.4. The molecule has 0 saturated heterocycles. The van der Waals surface area contributed by atoms with Gasteiger partial charge in [-0.25, -0.2) is 9.37 Å². The second-order valence-corrected chi connectivity index (χ2v) is 5.45. The van der Waals surface area contributed by atoms with Crippen LogP contribution >= 0.6 is 11.3 Å². The van der Waals surface area contributed by atoms with Crippen LogP contribution in [0.5, 0.6) is 0 Å². The third-order valence-electron chi connectivity index (χ3n) is 2.75. The Morgan fingerprint density at radius 3 is 2.75 bits per heavy atom. The van der Waals surface area contributed by atoms with Gasteiger partial charge in [0.1, 0.15) is 16.5 Å². The van der Waals surface area contributed by atoms with Crippen molar-refractivity contribution in [2.45, 2.75) is 6.92 Å². The Kier molecular flexibility index (Phi) is 3.89.